The molecule has 3 aromatic rings. The zero-order valence-electron chi connectivity index (χ0n) is 24.9. The van der Waals surface area contributed by atoms with Crippen LogP contribution in [0.15, 0.2) is 36.4 Å². The molecule has 0 spiro atoms. The summed E-state index contributed by atoms with van der Waals surface area (Å²) >= 11 is 0. The molecular weight excluding hydrogens is 500 g/mol. The number of carbonyl (C=O) groups excluding carboxylic acids is 1. The molecule has 2 aromatic carbocycles. The molecule has 40 heavy (non-hydrogen) atoms. The van der Waals surface area contributed by atoms with Crippen LogP contribution in [-0.4, -0.2) is 35.8 Å². The highest BCUT2D eigenvalue weighted by molar-refractivity contribution is 5.92. The van der Waals surface area contributed by atoms with Crippen LogP contribution in [0.1, 0.15) is 80.8 Å². The number of hydrogen-bond donors (Lipinski definition) is 1. The van der Waals surface area contributed by atoms with Gasteiger partial charge in [-0.05, 0) is 120 Å². The molecule has 2 aliphatic rings. The van der Waals surface area contributed by atoms with Crippen molar-refractivity contribution in [1.82, 2.24) is 10.3 Å². The highest BCUT2D eigenvalue weighted by Crippen LogP contribution is 2.44. The van der Waals surface area contributed by atoms with E-state index in [9.17, 15) is 4.79 Å². The fraction of sp³-hybridized carbons (Fsp3) is 0.471. The summed E-state index contributed by atoms with van der Waals surface area (Å²) in [5.41, 5.74) is 9.86. The van der Waals surface area contributed by atoms with Crippen LogP contribution in [0.25, 0.3) is 22.3 Å². The van der Waals surface area contributed by atoms with E-state index >= 15 is 0 Å². The third-order valence-corrected chi connectivity index (χ3v) is 7.48. The van der Waals surface area contributed by atoms with Crippen molar-refractivity contribution in [2.24, 2.45) is 0 Å². The lowest BCUT2D eigenvalue weighted by Gasteiger charge is -2.31. The number of nitrogens with zero attached hydrogens (tertiary/aromatic N) is 1. The first-order valence-corrected chi connectivity index (χ1v) is 14.5. The van der Waals surface area contributed by atoms with Gasteiger partial charge >= 0.3 is 5.97 Å². The van der Waals surface area contributed by atoms with Gasteiger partial charge in [0.25, 0.3) is 0 Å². The minimum absolute atomic E-state index is 0.268. The van der Waals surface area contributed by atoms with Crippen molar-refractivity contribution in [2.75, 3.05) is 13.2 Å². The number of aryl methyl sites for hydroxylation is 3. The van der Waals surface area contributed by atoms with E-state index < -0.39 is 17.7 Å². The van der Waals surface area contributed by atoms with Crippen LogP contribution in [-0.2, 0) is 33.7 Å². The Morgan fingerprint density at radius 2 is 1.68 bits per heavy atom. The largest absolute Gasteiger partial charge is 0.493 e. The molecule has 5 rings (SSSR count). The topological polar surface area (TPSA) is 69.7 Å². The second-order valence-corrected chi connectivity index (χ2v) is 12.2. The summed E-state index contributed by atoms with van der Waals surface area (Å²) in [4.78, 5) is 18.7. The molecule has 0 unspecified atom stereocenters. The number of rotatable bonds is 6. The van der Waals surface area contributed by atoms with E-state index in [1.54, 1.807) is 0 Å². The Kier molecular flexibility index (Phi) is 8.03. The summed E-state index contributed by atoms with van der Waals surface area (Å²) in [6.07, 6.45) is 1.73. The minimum atomic E-state index is -0.932. The smallest absolute Gasteiger partial charge is 0.340 e. The number of fused-ring (bicyclic) bond motifs is 2. The van der Waals surface area contributed by atoms with E-state index in [0.717, 1.165) is 83.9 Å². The van der Waals surface area contributed by atoms with E-state index in [1.807, 2.05) is 41.5 Å². The first-order valence-electron chi connectivity index (χ1n) is 14.5. The van der Waals surface area contributed by atoms with Gasteiger partial charge in [-0.2, -0.15) is 0 Å². The van der Waals surface area contributed by atoms with Gasteiger partial charge in [-0.1, -0.05) is 24.3 Å². The lowest BCUT2D eigenvalue weighted by Crippen LogP contribution is -2.31. The van der Waals surface area contributed by atoms with Crippen molar-refractivity contribution in [1.29, 1.82) is 0 Å². The van der Waals surface area contributed by atoms with Crippen LogP contribution in [0.4, 0.5) is 0 Å². The molecule has 0 aliphatic carbocycles. The average molecular weight is 543 g/mol. The van der Waals surface area contributed by atoms with Crippen molar-refractivity contribution in [3.8, 4) is 28.0 Å². The SMILES string of the molecule is Cc1nc(C)c([C@H](OC(C)(C)C)C(=O)OC(C)C)c(-c2ccc3c(c2)CCCO3)c1-c1ccc2c(c1)CCNC2. The normalized spacial score (nSPS) is 15.7. The molecule has 0 bridgehead atoms. The maximum atomic E-state index is 13.7. The lowest BCUT2D eigenvalue weighted by atomic mass is 9.84. The second-order valence-electron chi connectivity index (χ2n) is 12.2. The molecule has 1 N–H and O–H groups in total. The number of aromatic nitrogens is 1. The molecule has 212 valence electrons. The molecule has 0 saturated carbocycles. The number of pyridine rings is 1. The Labute approximate surface area is 238 Å². The van der Waals surface area contributed by atoms with Crippen LogP contribution >= 0.6 is 0 Å². The molecule has 0 saturated heterocycles. The Morgan fingerprint density at radius 1 is 0.950 bits per heavy atom. The monoisotopic (exact) mass is 542 g/mol. The standard InChI is InChI=1S/C34H42N2O4/c1-20(2)39-33(37)32(40-34(5,6)7)30-22(4)36-21(3)29(25-10-11-27-19-35-15-14-23(27)17-25)31(30)26-12-13-28-24(18-26)9-8-16-38-28/h10-13,17-18,20,32,35H,8-9,14-16,19H2,1-7H3/t32-/m0/s1. The molecule has 0 amide bonds. The third-order valence-electron chi connectivity index (χ3n) is 7.48. The molecule has 1 atom stereocenters. The van der Waals surface area contributed by atoms with Crippen LogP contribution in [0.5, 0.6) is 5.75 Å². The second kappa shape index (κ2) is 11.3. The van der Waals surface area contributed by atoms with Gasteiger partial charge < -0.3 is 19.5 Å². The zero-order valence-corrected chi connectivity index (χ0v) is 24.9. The van der Waals surface area contributed by atoms with Gasteiger partial charge in [-0.15, -0.1) is 0 Å². The number of nitrogens with one attached hydrogen (secondary N) is 1. The summed E-state index contributed by atoms with van der Waals surface area (Å²) in [5, 5.41) is 3.47. The Morgan fingerprint density at radius 3 is 2.42 bits per heavy atom. The number of benzene rings is 2. The fourth-order valence-corrected chi connectivity index (χ4v) is 5.86. The predicted octanol–water partition coefficient (Wildman–Crippen LogP) is 6.81. The molecule has 0 fully saturated rings. The van der Waals surface area contributed by atoms with Crippen LogP contribution < -0.4 is 10.1 Å². The number of ether oxygens (including phenoxy) is 3. The van der Waals surface area contributed by atoms with Crippen molar-refractivity contribution in [3.63, 3.8) is 0 Å². The average Bonchev–Trinajstić information content (AvgIpc) is 2.90. The molecule has 6 nitrogen and oxygen atoms in total. The highest BCUT2D eigenvalue weighted by Gasteiger charge is 2.35. The maximum absolute atomic E-state index is 13.7. The van der Waals surface area contributed by atoms with E-state index in [4.69, 9.17) is 19.2 Å². The Balaban J connectivity index is 1.80. The van der Waals surface area contributed by atoms with Crippen molar-refractivity contribution >= 4 is 5.97 Å². The van der Waals surface area contributed by atoms with Gasteiger partial charge in [0, 0.05) is 29.1 Å². The van der Waals surface area contributed by atoms with Gasteiger partial charge in [-0.3, -0.25) is 4.98 Å². The summed E-state index contributed by atoms with van der Waals surface area (Å²) in [5.74, 6) is 0.535. The van der Waals surface area contributed by atoms with Crippen LogP contribution in [0, 0.1) is 13.8 Å². The van der Waals surface area contributed by atoms with Gasteiger partial charge in [0.1, 0.15) is 5.75 Å². The number of hydrogen-bond acceptors (Lipinski definition) is 6. The Bertz CT molecular complexity index is 1420. The van der Waals surface area contributed by atoms with Gasteiger partial charge in [-0.25, -0.2) is 4.79 Å². The summed E-state index contributed by atoms with van der Waals surface area (Å²) in [6, 6.07) is 13.1. The van der Waals surface area contributed by atoms with Crippen molar-refractivity contribution < 1.29 is 19.0 Å². The molecular formula is C34H42N2O4. The van der Waals surface area contributed by atoms with Gasteiger partial charge in [0.05, 0.1) is 18.3 Å². The van der Waals surface area contributed by atoms with E-state index in [-0.39, 0.29) is 6.10 Å². The molecule has 2 aliphatic heterocycles. The molecule has 0 radical (unpaired) electrons. The van der Waals surface area contributed by atoms with Crippen molar-refractivity contribution in [2.45, 2.75) is 92.1 Å². The first-order chi connectivity index (χ1) is 19.0. The highest BCUT2D eigenvalue weighted by atomic mass is 16.6. The predicted molar refractivity (Wildman–Crippen MR) is 159 cm³/mol. The van der Waals surface area contributed by atoms with E-state index in [1.165, 1.54) is 16.7 Å². The molecule has 3 heterocycles. The fourth-order valence-electron chi connectivity index (χ4n) is 5.86. The third kappa shape index (κ3) is 5.93. The molecule has 6 heteroatoms. The minimum Gasteiger partial charge on any atom is -0.493 e. The van der Waals surface area contributed by atoms with Crippen molar-refractivity contribution in [3.05, 3.63) is 70.0 Å². The van der Waals surface area contributed by atoms with E-state index in [0.29, 0.717) is 0 Å². The number of carbonyl (C=O) groups is 1. The Hall–Kier alpha value is -3.22. The van der Waals surface area contributed by atoms with Gasteiger partial charge in [0.2, 0.25) is 0 Å². The van der Waals surface area contributed by atoms with Gasteiger partial charge in [0.15, 0.2) is 6.10 Å². The maximum Gasteiger partial charge on any atom is 0.340 e. The van der Waals surface area contributed by atoms with Crippen LogP contribution in [0.3, 0.4) is 0 Å². The molecule has 1 aromatic heterocycles. The lowest BCUT2D eigenvalue weighted by molar-refractivity contribution is -0.171. The summed E-state index contributed by atoms with van der Waals surface area (Å²) in [7, 11) is 0. The van der Waals surface area contributed by atoms with E-state index in [2.05, 4.69) is 48.6 Å². The summed E-state index contributed by atoms with van der Waals surface area (Å²) < 4.78 is 18.2. The first kappa shape index (κ1) is 28.3. The summed E-state index contributed by atoms with van der Waals surface area (Å²) in [6.45, 7) is 16.2. The zero-order chi connectivity index (χ0) is 28.6. The van der Waals surface area contributed by atoms with Crippen LogP contribution in [0.2, 0.25) is 0 Å². The number of esters is 1. The quantitative estimate of drug-likeness (QED) is 0.345.